The topological polar surface area (TPSA) is 49.3 Å². The molecule has 1 aromatic carbocycles. The van der Waals surface area contributed by atoms with Gasteiger partial charge in [-0.3, -0.25) is 4.79 Å². The molecule has 1 saturated carbocycles. The fourth-order valence-corrected chi connectivity index (χ4v) is 2.03. The summed E-state index contributed by atoms with van der Waals surface area (Å²) in [5.41, 5.74) is 1.23. The van der Waals surface area contributed by atoms with Gasteiger partial charge in [0.2, 0.25) is 5.91 Å². The van der Waals surface area contributed by atoms with E-state index < -0.39 is 0 Å². The van der Waals surface area contributed by atoms with E-state index in [1.807, 2.05) is 6.07 Å². The molecule has 1 fully saturated rings. The standard InChI is InChI=1S/C14H19NO2/c1-2-14(6-7-14)10-15-13(17)9-11-4-3-5-12(16)8-11/h3-5,8,16H,2,6-7,9-10H2,1H3,(H,15,17). The second kappa shape index (κ2) is 4.78. The summed E-state index contributed by atoms with van der Waals surface area (Å²) < 4.78 is 0. The Hall–Kier alpha value is -1.51. The monoisotopic (exact) mass is 233 g/mol. The van der Waals surface area contributed by atoms with Crippen LogP contribution in [0.5, 0.6) is 5.75 Å². The maximum atomic E-state index is 11.7. The van der Waals surface area contributed by atoms with Crippen LogP contribution < -0.4 is 5.32 Å². The van der Waals surface area contributed by atoms with Crippen molar-refractivity contribution in [3.63, 3.8) is 0 Å². The van der Waals surface area contributed by atoms with E-state index in [-0.39, 0.29) is 11.7 Å². The molecule has 1 aliphatic rings. The Kier molecular flexibility index (Phi) is 3.36. The summed E-state index contributed by atoms with van der Waals surface area (Å²) in [6, 6.07) is 6.85. The molecule has 1 aromatic rings. The van der Waals surface area contributed by atoms with E-state index >= 15 is 0 Å². The summed E-state index contributed by atoms with van der Waals surface area (Å²) >= 11 is 0. The lowest BCUT2D eigenvalue weighted by atomic mass is 10.0. The molecule has 0 spiro atoms. The number of hydrogen-bond acceptors (Lipinski definition) is 2. The lowest BCUT2D eigenvalue weighted by Crippen LogP contribution is -2.31. The van der Waals surface area contributed by atoms with Gasteiger partial charge in [-0.05, 0) is 42.4 Å². The first-order valence-corrected chi connectivity index (χ1v) is 6.18. The van der Waals surface area contributed by atoms with E-state index in [2.05, 4.69) is 12.2 Å². The summed E-state index contributed by atoms with van der Waals surface area (Å²) in [4.78, 5) is 11.7. The van der Waals surface area contributed by atoms with Gasteiger partial charge >= 0.3 is 0 Å². The number of amides is 1. The van der Waals surface area contributed by atoms with Gasteiger partial charge in [0, 0.05) is 6.54 Å². The van der Waals surface area contributed by atoms with Gasteiger partial charge in [0.15, 0.2) is 0 Å². The van der Waals surface area contributed by atoms with Crippen LogP contribution in [0.4, 0.5) is 0 Å². The van der Waals surface area contributed by atoms with Crippen molar-refractivity contribution in [3.8, 4) is 5.75 Å². The van der Waals surface area contributed by atoms with Crippen molar-refractivity contribution in [1.82, 2.24) is 5.32 Å². The van der Waals surface area contributed by atoms with Crippen molar-refractivity contribution in [1.29, 1.82) is 0 Å². The predicted molar refractivity (Wildman–Crippen MR) is 66.8 cm³/mol. The molecule has 0 unspecified atom stereocenters. The molecular weight excluding hydrogens is 214 g/mol. The van der Waals surface area contributed by atoms with Crippen LogP contribution in [0, 0.1) is 5.41 Å². The number of rotatable bonds is 5. The largest absolute Gasteiger partial charge is 0.508 e. The van der Waals surface area contributed by atoms with Gasteiger partial charge in [0.1, 0.15) is 5.75 Å². The third-order valence-electron chi connectivity index (χ3n) is 3.64. The van der Waals surface area contributed by atoms with Crippen molar-refractivity contribution in [2.24, 2.45) is 5.41 Å². The minimum atomic E-state index is 0.0373. The van der Waals surface area contributed by atoms with Gasteiger partial charge in [0.25, 0.3) is 0 Å². The highest BCUT2D eigenvalue weighted by atomic mass is 16.3. The fourth-order valence-electron chi connectivity index (χ4n) is 2.03. The Morgan fingerprint density at radius 2 is 2.24 bits per heavy atom. The first kappa shape index (κ1) is 12.0. The number of benzene rings is 1. The number of phenolic OH excluding ortho intramolecular Hbond substituents is 1. The van der Waals surface area contributed by atoms with Crippen molar-refractivity contribution in [2.75, 3.05) is 6.54 Å². The van der Waals surface area contributed by atoms with Crippen LogP contribution in [0.1, 0.15) is 31.7 Å². The fraction of sp³-hybridized carbons (Fsp3) is 0.500. The molecule has 3 heteroatoms. The number of carbonyl (C=O) groups is 1. The number of phenols is 1. The Morgan fingerprint density at radius 1 is 1.47 bits per heavy atom. The molecule has 3 nitrogen and oxygen atoms in total. The molecule has 1 aliphatic carbocycles. The van der Waals surface area contributed by atoms with E-state index in [1.165, 1.54) is 12.8 Å². The zero-order valence-corrected chi connectivity index (χ0v) is 10.2. The molecule has 92 valence electrons. The van der Waals surface area contributed by atoms with Crippen molar-refractivity contribution in [2.45, 2.75) is 32.6 Å². The maximum absolute atomic E-state index is 11.7. The molecule has 0 aromatic heterocycles. The Bertz CT molecular complexity index is 410. The highest BCUT2D eigenvalue weighted by Crippen LogP contribution is 2.47. The lowest BCUT2D eigenvalue weighted by Gasteiger charge is -2.13. The zero-order valence-electron chi connectivity index (χ0n) is 10.2. The van der Waals surface area contributed by atoms with Crippen molar-refractivity contribution >= 4 is 5.91 Å². The van der Waals surface area contributed by atoms with Gasteiger partial charge in [-0.15, -0.1) is 0 Å². The summed E-state index contributed by atoms with van der Waals surface area (Å²) in [7, 11) is 0. The second-order valence-electron chi connectivity index (χ2n) is 4.98. The number of aromatic hydroxyl groups is 1. The van der Waals surface area contributed by atoms with Gasteiger partial charge in [0.05, 0.1) is 6.42 Å². The van der Waals surface area contributed by atoms with Crippen LogP contribution >= 0.6 is 0 Å². The van der Waals surface area contributed by atoms with Gasteiger partial charge in [-0.2, -0.15) is 0 Å². The summed E-state index contributed by atoms with van der Waals surface area (Å²) in [6.07, 6.45) is 3.94. The molecule has 0 radical (unpaired) electrons. The highest BCUT2D eigenvalue weighted by molar-refractivity contribution is 5.78. The Morgan fingerprint density at radius 3 is 2.82 bits per heavy atom. The quantitative estimate of drug-likeness (QED) is 0.819. The molecule has 0 saturated heterocycles. The molecule has 0 atom stereocenters. The molecule has 0 aliphatic heterocycles. The molecule has 0 heterocycles. The van der Waals surface area contributed by atoms with Crippen LogP contribution in [-0.4, -0.2) is 17.6 Å². The van der Waals surface area contributed by atoms with E-state index in [0.29, 0.717) is 11.8 Å². The van der Waals surface area contributed by atoms with Crippen LogP contribution in [0.3, 0.4) is 0 Å². The molecule has 2 N–H and O–H groups in total. The van der Waals surface area contributed by atoms with Crippen molar-refractivity contribution in [3.05, 3.63) is 29.8 Å². The van der Waals surface area contributed by atoms with Gasteiger partial charge in [-0.25, -0.2) is 0 Å². The molecular formula is C14H19NO2. The first-order valence-electron chi connectivity index (χ1n) is 6.18. The van der Waals surface area contributed by atoms with Crippen molar-refractivity contribution < 1.29 is 9.90 Å². The van der Waals surface area contributed by atoms with E-state index in [1.54, 1.807) is 18.2 Å². The van der Waals surface area contributed by atoms with Crippen LogP contribution in [0.15, 0.2) is 24.3 Å². The predicted octanol–water partition coefficient (Wildman–Crippen LogP) is 2.24. The van der Waals surface area contributed by atoms with Crippen LogP contribution in [0.25, 0.3) is 0 Å². The highest BCUT2D eigenvalue weighted by Gasteiger charge is 2.40. The number of carbonyl (C=O) groups excluding carboxylic acids is 1. The van der Waals surface area contributed by atoms with E-state index in [4.69, 9.17) is 0 Å². The second-order valence-corrected chi connectivity index (χ2v) is 4.98. The summed E-state index contributed by atoms with van der Waals surface area (Å²) in [5, 5.41) is 12.3. The normalized spacial score (nSPS) is 16.5. The zero-order chi connectivity index (χ0) is 12.3. The van der Waals surface area contributed by atoms with E-state index in [0.717, 1.165) is 18.5 Å². The minimum Gasteiger partial charge on any atom is -0.508 e. The molecule has 0 bridgehead atoms. The number of hydrogen-bond donors (Lipinski definition) is 2. The molecule has 2 rings (SSSR count). The minimum absolute atomic E-state index is 0.0373. The first-order chi connectivity index (χ1) is 8.13. The third-order valence-corrected chi connectivity index (χ3v) is 3.64. The van der Waals surface area contributed by atoms with Gasteiger partial charge < -0.3 is 10.4 Å². The summed E-state index contributed by atoms with van der Waals surface area (Å²) in [6.45, 7) is 2.97. The average Bonchev–Trinajstić information content (AvgIpc) is 3.07. The maximum Gasteiger partial charge on any atom is 0.224 e. The Labute approximate surface area is 102 Å². The molecule has 1 amide bonds. The van der Waals surface area contributed by atoms with Crippen LogP contribution in [-0.2, 0) is 11.2 Å². The van der Waals surface area contributed by atoms with Gasteiger partial charge in [-0.1, -0.05) is 19.1 Å². The third kappa shape index (κ3) is 3.22. The smallest absolute Gasteiger partial charge is 0.224 e. The Balaban J connectivity index is 1.81. The van der Waals surface area contributed by atoms with Crippen LogP contribution in [0.2, 0.25) is 0 Å². The lowest BCUT2D eigenvalue weighted by molar-refractivity contribution is -0.120. The SMILES string of the molecule is CCC1(CNC(=O)Cc2cccc(O)c2)CC1. The van der Waals surface area contributed by atoms with E-state index in [9.17, 15) is 9.90 Å². The molecule has 17 heavy (non-hydrogen) atoms. The summed E-state index contributed by atoms with van der Waals surface area (Å²) in [5.74, 6) is 0.248. The number of nitrogens with one attached hydrogen (secondary N) is 1. The average molecular weight is 233 g/mol.